The van der Waals surface area contributed by atoms with E-state index in [9.17, 15) is 8.78 Å². The van der Waals surface area contributed by atoms with Crippen LogP contribution in [0, 0.1) is 0 Å². The molecular weight excluding hydrogens is 280 g/mol. The summed E-state index contributed by atoms with van der Waals surface area (Å²) in [5, 5.41) is 0.0913. The number of halogens is 6. The highest BCUT2D eigenvalue weighted by Crippen LogP contribution is 2.37. The first kappa shape index (κ1) is 12.1. The van der Waals surface area contributed by atoms with Crippen molar-refractivity contribution in [3.63, 3.8) is 0 Å². The fraction of sp³-hybridized carbons (Fsp3) is 0.143. The van der Waals surface area contributed by atoms with Gasteiger partial charge in [-0.05, 0) is 6.07 Å². The molecule has 0 aliphatic carbocycles. The van der Waals surface area contributed by atoms with Crippen LogP contribution in [0.1, 0.15) is 0 Å². The zero-order valence-electron chi connectivity index (χ0n) is 6.33. The molecule has 14 heavy (non-hydrogen) atoms. The van der Waals surface area contributed by atoms with Crippen LogP contribution < -0.4 is 4.74 Å². The molecule has 0 saturated carbocycles. The molecule has 0 aliphatic rings. The number of hydrogen-bond donors (Lipinski definition) is 0. The van der Waals surface area contributed by atoms with Crippen molar-refractivity contribution in [2.45, 2.75) is 5.57 Å². The molecular formula is C7H2Cl4F2O. The number of ether oxygens (including phenoxy) is 1. The number of alkyl halides is 3. The van der Waals surface area contributed by atoms with E-state index in [-0.39, 0.29) is 20.8 Å². The number of benzene rings is 1. The number of hydrogen-bond acceptors (Lipinski definition) is 1. The van der Waals surface area contributed by atoms with Crippen LogP contribution in [0.2, 0.25) is 15.1 Å². The number of rotatable bonds is 2. The third-order valence-electron chi connectivity index (χ3n) is 1.20. The third-order valence-corrected chi connectivity index (χ3v) is 2.30. The molecule has 0 bridgehead atoms. The van der Waals surface area contributed by atoms with Gasteiger partial charge in [-0.3, -0.25) is 0 Å². The Bertz CT molecular complexity index is 350. The van der Waals surface area contributed by atoms with Crippen LogP contribution in [0.25, 0.3) is 0 Å². The van der Waals surface area contributed by atoms with E-state index >= 15 is 0 Å². The zero-order chi connectivity index (χ0) is 10.9. The molecule has 1 rings (SSSR count). The van der Waals surface area contributed by atoms with E-state index in [0.717, 1.165) is 6.07 Å². The van der Waals surface area contributed by atoms with Crippen molar-refractivity contribution in [2.75, 3.05) is 0 Å². The Hall–Kier alpha value is 0.0400. The largest absolute Gasteiger partial charge is 0.487 e. The highest BCUT2D eigenvalue weighted by Gasteiger charge is 2.29. The van der Waals surface area contributed by atoms with E-state index in [4.69, 9.17) is 34.8 Å². The predicted molar refractivity (Wildman–Crippen MR) is 52.9 cm³/mol. The average molecular weight is 282 g/mol. The minimum absolute atomic E-state index is 0.0481. The lowest BCUT2D eigenvalue weighted by molar-refractivity contribution is -0.0964. The lowest BCUT2D eigenvalue weighted by Crippen LogP contribution is -2.15. The molecule has 1 aromatic carbocycles. The highest BCUT2D eigenvalue weighted by molar-refractivity contribution is 6.43. The Kier molecular flexibility index (Phi) is 3.69. The van der Waals surface area contributed by atoms with Crippen molar-refractivity contribution in [1.29, 1.82) is 0 Å². The second-order valence-corrected chi connectivity index (χ2v) is 3.91. The standard InChI is InChI=1S/C7H2Cl4F2O/c8-3-1-5(10)6(2-4(3)9)14-7(11,12)13/h1-2H. The third kappa shape index (κ3) is 3.31. The lowest BCUT2D eigenvalue weighted by Gasteiger charge is -2.12. The van der Waals surface area contributed by atoms with Crippen LogP contribution in [0.4, 0.5) is 8.78 Å². The van der Waals surface area contributed by atoms with Gasteiger partial charge in [0, 0.05) is 17.7 Å². The summed E-state index contributed by atoms with van der Waals surface area (Å²) in [5.41, 5.74) is -3.83. The molecule has 0 spiro atoms. The van der Waals surface area contributed by atoms with Gasteiger partial charge in [-0.15, -0.1) is 8.78 Å². The molecule has 0 amide bonds. The van der Waals surface area contributed by atoms with Crippen LogP contribution >= 0.6 is 46.4 Å². The summed E-state index contributed by atoms with van der Waals surface area (Å²) in [6, 6.07) is 2.24. The van der Waals surface area contributed by atoms with Gasteiger partial charge in [0.05, 0.1) is 15.1 Å². The molecule has 0 aliphatic heterocycles. The quantitative estimate of drug-likeness (QED) is 0.558. The first-order valence-electron chi connectivity index (χ1n) is 3.20. The van der Waals surface area contributed by atoms with E-state index in [1.54, 1.807) is 0 Å². The van der Waals surface area contributed by atoms with Gasteiger partial charge in [-0.25, -0.2) is 0 Å². The first-order valence-corrected chi connectivity index (χ1v) is 4.71. The summed E-state index contributed by atoms with van der Waals surface area (Å²) in [4.78, 5) is 0. The van der Waals surface area contributed by atoms with Crippen LogP contribution in [0.15, 0.2) is 12.1 Å². The van der Waals surface area contributed by atoms with E-state index in [1.807, 2.05) is 0 Å². The summed E-state index contributed by atoms with van der Waals surface area (Å²) in [7, 11) is 0. The molecule has 1 aromatic rings. The van der Waals surface area contributed by atoms with Gasteiger partial charge in [0.25, 0.3) is 0 Å². The molecule has 0 saturated heterocycles. The summed E-state index contributed by atoms with van der Waals surface area (Å²) < 4.78 is 28.5. The Balaban J connectivity index is 3.04. The van der Waals surface area contributed by atoms with Gasteiger partial charge in [0.1, 0.15) is 5.75 Å². The SMILES string of the molecule is FC(F)(Cl)Oc1cc(Cl)c(Cl)cc1Cl. The van der Waals surface area contributed by atoms with E-state index in [2.05, 4.69) is 16.3 Å². The second kappa shape index (κ2) is 4.27. The maximum atomic E-state index is 12.2. The maximum absolute atomic E-state index is 12.2. The van der Waals surface area contributed by atoms with Crippen molar-refractivity contribution in [3.8, 4) is 5.75 Å². The Morgan fingerprint density at radius 3 is 2.00 bits per heavy atom. The Morgan fingerprint density at radius 2 is 1.50 bits per heavy atom. The molecule has 0 fully saturated rings. The topological polar surface area (TPSA) is 9.23 Å². The Morgan fingerprint density at radius 1 is 1.00 bits per heavy atom. The van der Waals surface area contributed by atoms with Crippen molar-refractivity contribution in [3.05, 3.63) is 27.2 Å². The molecule has 0 unspecified atom stereocenters. The van der Waals surface area contributed by atoms with Crippen molar-refractivity contribution < 1.29 is 13.5 Å². The Labute approximate surface area is 98.5 Å². The van der Waals surface area contributed by atoms with Gasteiger partial charge < -0.3 is 4.74 Å². The summed E-state index contributed by atoms with van der Waals surface area (Å²) in [6.45, 7) is 0. The monoisotopic (exact) mass is 280 g/mol. The molecule has 0 atom stereocenters. The van der Waals surface area contributed by atoms with E-state index < -0.39 is 5.57 Å². The van der Waals surface area contributed by atoms with Gasteiger partial charge in [-0.1, -0.05) is 34.8 Å². The van der Waals surface area contributed by atoms with Gasteiger partial charge >= 0.3 is 5.57 Å². The molecule has 1 nitrogen and oxygen atoms in total. The molecule has 0 N–H and O–H groups in total. The van der Waals surface area contributed by atoms with Gasteiger partial charge in [0.2, 0.25) is 0 Å². The van der Waals surface area contributed by atoms with Crippen LogP contribution in [-0.2, 0) is 0 Å². The summed E-state index contributed by atoms with van der Waals surface area (Å²) in [5.74, 6) is -0.332. The first-order chi connectivity index (χ1) is 6.29. The summed E-state index contributed by atoms with van der Waals surface area (Å²) in [6.07, 6.45) is 0. The molecule has 0 aromatic heterocycles. The smallest absolute Gasteiger partial charge is 0.418 e. The molecule has 0 radical (unpaired) electrons. The minimum atomic E-state index is -3.83. The van der Waals surface area contributed by atoms with Crippen LogP contribution in [-0.4, -0.2) is 5.57 Å². The molecule has 0 heterocycles. The fourth-order valence-electron chi connectivity index (χ4n) is 0.707. The van der Waals surface area contributed by atoms with E-state index in [1.165, 1.54) is 6.07 Å². The average Bonchev–Trinajstić information content (AvgIpc) is 1.97. The minimum Gasteiger partial charge on any atom is -0.418 e. The zero-order valence-corrected chi connectivity index (χ0v) is 9.35. The van der Waals surface area contributed by atoms with Crippen LogP contribution in [0.5, 0.6) is 5.75 Å². The second-order valence-electron chi connectivity index (χ2n) is 2.24. The van der Waals surface area contributed by atoms with Crippen molar-refractivity contribution in [2.24, 2.45) is 0 Å². The lowest BCUT2D eigenvalue weighted by atomic mass is 10.3. The fourth-order valence-corrected chi connectivity index (χ4v) is 1.37. The normalized spacial score (nSPS) is 11.6. The molecule has 7 heteroatoms. The van der Waals surface area contributed by atoms with Crippen LogP contribution in [0.3, 0.4) is 0 Å². The maximum Gasteiger partial charge on any atom is 0.487 e. The highest BCUT2D eigenvalue weighted by atomic mass is 35.5. The van der Waals surface area contributed by atoms with Gasteiger partial charge in [0.15, 0.2) is 0 Å². The predicted octanol–water partition coefficient (Wildman–Crippen LogP) is 4.81. The van der Waals surface area contributed by atoms with Crippen molar-refractivity contribution in [1.82, 2.24) is 0 Å². The molecule has 78 valence electrons. The summed E-state index contributed by atoms with van der Waals surface area (Å²) >= 11 is 21.2. The van der Waals surface area contributed by atoms with E-state index in [0.29, 0.717) is 0 Å². The van der Waals surface area contributed by atoms with Crippen molar-refractivity contribution >= 4 is 46.4 Å². The van der Waals surface area contributed by atoms with Gasteiger partial charge in [-0.2, -0.15) is 0 Å².